The Hall–Kier alpha value is -1.14. The Morgan fingerprint density at radius 1 is 1.38 bits per heavy atom. The highest BCUT2D eigenvalue weighted by molar-refractivity contribution is 5.19. The third-order valence-corrected chi connectivity index (χ3v) is 2.37. The van der Waals surface area contributed by atoms with Gasteiger partial charge in [0.25, 0.3) is 0 Å². The van der Waals surface area contributed by atoms with E-state index in [1.54, 1.807) is 7.11 Å². The number of aromatic nitrogens is 2. The zero-order valence-electron chi connectivity index (χ0n) is 10.3. The molecule has 1 heterocycles. The average molecular weight is 228 g/mol. The predicted octanol–water partition coefficient (Wildman–Crippen LogP) is 1.19. The van der Waals surface area contributed by atoms with Crippen molar-refractivity contribution < 1.29 is 9.15 Å². The number of nitrogens with zero attached hydrogens (tertiary/aromatic N) is 2. The van der Waals surface area contributed by atoms with E-state index >= 15 is 0 Å². The van der Waals surface area contributed by atoms with Gasteiger partial charge in [0.2, 0.25) is 5.89 Å². The molecule has 1 aromatic heterocycles. The van der Waals surface area contributed by atoms with E-state index < -0.39 is 0 Å². The van der Waals surface area contributed by atoms with Crippen LogP contribution in [0, 0.1) is 0 Å². The van der Waals surface area contributed by atoms with Gasteiger partial charge < -0.3 is 19.8 Å². The SMILES string of the molecule is CNC(C)c1nnc(NC(C)CCOC)o1. The van der Waals surface area contributed by atoms with Gasteiger partial charge in [0.1, 0.15) is 0 Å². The third-order valence-electron chi connectivity index (χ3n) is 2.37. The summed E-state index contributed by atoms with van der Waals surface area (Å²) in [4.78, 5) is 0. The molecule has 0 amide bonds. The van der Waals surface area contributed by atoms with Crippen molar-refractivity contribution in [1.29, 1.82) is 0 Å². The number of methoxy groups -OCH3 is 1. The maximum absolute atomic E-state index is 5.45. The van der Waals surface area contributed by atoms with Crippen LogP contribution in [0.25, 0.3) is 0 Å². The fourth-order valence-electron chi connectivity index (χ4n) is 1.17. The molecule has 1 aromatic rings. The number of ether oxygens (including phenoxy) is 1. The molecule has 0 fully saturated rings. The van der Waals surface area contributed by atoms with E-state index in [2.05, 4.69) is 20.8 Å². The van der Waals surface area contributed by atoms with Crippen LogP contribution in [-0.2, 0) is 4.74 Å². The van der Waals surface area contributed by atoms with Crippen LogP contribution < -0.4 is 10.6 Å². The molecule has 0 aliphatic rings. The fraction of sp³-hybridized carbons (Fsp3) is 0.800. The Morgan fingerprint density at radius 3 is 2.75 bits per heavy atom. The minimum Gasteiger partial charge on any atom is -0.406 e. The van der Waals surface area contributed by atoms with Gasteiger partial charge in [-0.25, -0.2) is 0 Å². The van der Waals surface area contributed by atoms with E-state index in [1.165, 1.54) is 0 Å². The lowest BCUT2D eigenvalue weighted by Crippen LogP contribution is -2.17. The molecule has 0 saturated carbocycles. The van der Waals surface area contributed by atoms with Gasteiger partial charge in [-0.15, -0.1) is 5.10 Å². The van der Waals surface area contributed by atoms with Gasteiger partial charge in [0.15, 0.2) is 0 Å². The van der Waals surface area contributed by atoms with Crippen LogP contribution in [0.2, 0.25) is 0 Å². The summed E-state index contributed by atoms with van der Waals surface area (Å²) in [6.07, 6.45) is 0.899. The summed E-state index contributed by atoms with van der Waals surface area (Å²) in [5, 5.41) is 14.0. The largest absolute Gasteiger partial charge is 0.406 e. The zero-order valence-corrected chi connectivity index (χ0v) is 10.3. The van der Waals surface area contributed by atoms with E-state index in [9.17, 15) is 0 Å². The Morgan fingerprint density at radius 2 is 2.12 bits per heavy atom. The van der Waals surface area contributed by atoms with Crippen LogP contribution in [0.4, 0.5) is 6.01 Å². The minimum absolute atomic E-state index is 0.0670. The van der Waals surface area contributed by atoms with Crippen molar-refractivity contribution in [3.63, 3.8) is 0 Å². The van der Waals surface area contributed by atoms with E-state index in [1.807, 2.05) is 20.9 Å². The molecule has 0 aliphatic heterocycles. The molecule has 0 saturated heterocycles. The molecule has 2 unspecified atom stereocenters. The zero-order chi connectivity index (χ0) is 12.0. The molecular weight excluding hydrogens is 208 g/mol. The number of anilines is 1. The summed E-state index contributed by atoms with van der Waals surface area (Å²) in [5.41, 5.74) is 0. The van der Waals surface area contributed by atoms with Gasteiger partial charge in [-0.3, -0.25) is 0 Å². The number of nitrogens with one attached hydrogen (secondary N) is 2. The van der Waals surface area contributed by atoms with Crippen LogP contribution in [0.15, 0.2) is 4.42 Å². The van der Waals surface area contributed by atoms with E-state index in [0.717, 1.165) is 6.42 Å². The second-order valence-corrected chi connectivity index (χ2v) is 3.78. The summed E-state index contributed by atoms with van der Waals surface area (Å²) < 4.78 is 10.4. The molecule has 0 aromatic carbocycles. The standard InChI is InChI=1S/C10H20N4O2/c1-7(5-6-15-4)12-10-14-13-9(16-10)8(2)11-3/h7-8,11H,5-6H2,1-4H3,(H,12,14). The second-order valence-electron chi connectivity index (χ2n) is 3.78. The molecule has 2 N–H and O–H groups in total. The fourth-order valence-corrected chi connectivity index (χ4v) is 1.17. The molecule has 0 radical (unpaired) electrons. The first-order valence-corrected chi connectivity index (χ1v) is 5.43. The van der Waals surface area contributed by atoms with Crippen LogP contribution in [0.1, 0.15) is 32.2 Å². The van der Waals surface area contributed by atoms with Crippen molar-refractivity contribution in [2.24, 2.45) is 0 Å². The Bertz CT molecular complexity index is 303. The number of hydrogen-bond acceptors (Lipinski definition) is 6. The lowest BCUT2D eigenvalue weighted by molar-refractivity contribution is 0.191. The highest BCUT2D eigenvalue weighted by Gasteiger charge is 2.13. The second kappa shape index (κ2) is 6.44. The summed E-state index contributed by atoms with van der Waals surface area (Å²) in [6, 6.07) is 0.774. The first kappa shape index (κ1) is 12.9. The molecule has 16 heavy (non-hydrogen) atoms. The Labute approximate surface area is 95.8 Å². The average Bonchev–Trinajstić information content (AvgIpc) is 2.73. The number of hydrogen-bond donors (Lipinski definition) is 2. The van der Waals surface area contributed by atoms with Gasteiger partial charge in [-0.05, 0) is 27.3 Å². The molecule has 6 heteroatoms. The van der Waals surface area contributed by atoms with E-state index in [-0.39, 0.29) is 12.1 Å². The van der Waals surface area contributed by atoms with Crippen molar-refractivity contribution in [2.75, 3.05) is 26.1 Å². The highest BCUT2D eigenvalue weighted by atomic mass is 16.5. The maximum Gasteiger partial charge on any atom is 0.315 e. The highest BCUT2D eigenvalue weighted by Crippen LogP contribution is 2.14. The quantitative estimate of drug-likeness (QED) is 0.730. The Balaban J connectivity index is 2.45. The monoisotopic (exact) mass is 228 g/mol. The summed E-state index contributed by atoms with van der Waals surface area (Å²) in [7, 11) is 3.54. The van der Waals surface area contributed by atoms with Crippen molar-refractivity contribution in [3.05, 3.63) is 5.89 Å². The van der Waals surface area contributed by atoms with Crippen molar-refractivity contribution in [1.82, 2.24) is 15.5 Å². The molecule has 2 atom stereocenters. The molecule has 6 nitrogen and oxygen atoms in total. The first-order valence-electron chi connectivity index (χ1n) is 5.43. The molecule has 1 rings (SSSR count). The van der Waals surface area contributed by atoms with Gasteiger partial charge in [-0.1, -0.05) is 5.10 Å². The third kappa shape index (κ3) is 3.79. The van der Waals surface area contributed by atoms with Gasteiger partial charge in [0.05, 0.1) is 6.04 Å². The van der Waals surface area contributed by atoms with Gasteiger partial charge in [0, 0.05) is 19.8 Å². The summed E-state index contributed by atoms with van der Waals surface area (Å²) in [6.45, 7) is 4.72. The van der Waals surface area contributed by atoms with Crippen molar-refractivity contribution in [3.8, 4) is 0 Å². The topological polar surface area (TPSA) is 72.2 Å². The van der Waals surface area contributed by atoms with Gasteiger partial charge in [-0.2, -0.15) is 0 Å². The van der Waals surface area contributed by atoms with E-state index in [4.69, 9.17) is 9.15 Å². The first-order chi connectivity index (χ1) is 7.67. The summed E-state index contributed by atoms with van der Waals surface area (Å²) in [5.74, 6) is 0.587. The van der Waals surface area contributed by atoms with Crippen LogP contribution in [-0.4, -0.2) is 37.0 Å². The normalized spacial score (nSPS) is 14.8. The minimum atomic E-state index is 0.0670. The van der Waals surface area contributed by atoms with Crippen LogP contribution in [0.3, 0.4) is 0 Å². The molecule has 0 spiro atoms. The smallest absolute Gasteiger partial charge is 0.315 e. The number of rotatable bonds is 7. The van der Waals surface area contributed by atoms with Crippen LogP contribution >= 0.6 is 0 Å². The van der Waals surface area contributed by atoms with E-state index in [0.29, 0.717) is 18.5 Å². The lowest BCUT2D eigenvalue weighted by atomic mass is 10.2. The Kier molecular flexibility index (Phi) is 5.21. The molecular formula is C10H20N4O2. The maximum atomic E-state index is 5.45. The molecule has 0 bridgehead atoms. The van der Waals surface area contributed by atoms with Crippen molar-refractivity contribution >= 4 is 6.01 Å². The molecule has 92 valence electrons. The summed E-state index contributed by atoms with van der Waals surface area (Å²) >= 11 is 0. The predicted molar refractivity (Wildman–Crippen MR) is 61.4 cm³/mol. The van der Waals surface area contributed by atoms with Gasteiger partial charge >= 0.3 is 6.01 Å². The van der Waals surface area contributed by atoms with Crippen LogP contribution in [0.5, 0.6) is 0 Å². The van der Waals surface area contributed by atoms with Crippen molar-refractivity contribution in [2.45, 2.75) is 32.4 Å². The lowest BCUT2D eigenvalue weighted by Gasteiger charge is -2.10. The molecule has 0 aliphatic carbocycles.